The van der Waals surface area contributed by atoms with Crippen LogP contribution in [0, 0.1) is 5.92 Å². The first-order chi connectivity index (χ1) is 14.0. The number of carbonyl (C=O) groups excluding carboxylic acids is 1. The van der Waals surface area contributed by atoms with Crippen LogP contribution in [0.5, 0.6) is 0 Å². The number of aliphatic imine (C=N–C) groups is 2. The van der Waals surface area contributed by atoms with Gasteiger partial charge in [-0.15, -0.1) is 11.8 Å². The van der Waals surface area contributed by atoms with Gasteiger partial charge >= 0.3 is 0 Å². The molecule has 0 aliphatic carbocycles. The average molecular weight is 445 g/mol. The van der Waals surface area contributed by atoms with Crippen LogP contribution < -0.4 is 5.32 Å². The Labute approximate surface area is 183 Å². The van der Waals surface area contributed by atoms with Gasteiger partial charge in [0.15, 0.2) is 0 Å². The van der Waals surface area contributed by atoms with E-state index >= 15 is 0 Å². The van der Waals surface area contributed by atoms with Gasteiger partial charge in [-0.2, -0.15) is 0 Å². The maximum absolute atomic E-state index is 13.0. The number of guanidine groups is 1. The number of carbonyl (C=O) groups is 1. The van der Waals surface area contributed by atoms with Crippen molar-refractivity contribution in [2.24, 2.45) is 15.9 Å². The summed E-state index contributed by atoms with van der Waals surface area (Å²) in [6.45, 7) is 0. The van der Waals surface area contributed by atoms with Crippen LogP contribution in [0.15, 0.2) is 63.4 Å². The second-order valence-electron chi connectivity index (χ2n) is 6.67. The van der Waals surface area contributed by atoms with Gasteiger partial charge in [-0.25, -0.2) is 9.98 Å². The van der Waals surface area contributed by atoms with Gasteiger partial charge in [-0.1, -0.05) is 41.4 Å². The highest BCUT2D eigenvalue weighted by atomic mass is 35.5. The van der Waals surface area contributed by atoms with E-state index < -0.39 is 0 Å². The van der Waals surface area contributed by atoms with E-state index in [2.05, 4.69) is 15.3 Å². The van der Waals surface area contributed by atoms with Crippen molar-refractivity contribution in [2.45, 2.75) is 11.1 Å². The second-order valence-corrected chi connectivity index (χ2v) is 8.37. The summed E-state index contributed by atoms with van der Waals surface area (Å²) in [7, 11) is 1.73. The van der Waals surface area contributed by atoms with Gasteiger partial charge < -0.3 is 10.2 Å². The summed E-state index contributed by atoms with van der Waals surface area (Å²) < 4.78 is 0. The summed E-state index contributed by atoms with van der Waals surface area (Å²) in [5, 5.41) is 4.10. The normalized spacial score (nSPS) is 20.8. The Morgan fingerprint density at radius 2 is 1.86 bits per heavy atom. The molecular formula is C21H18Cl2N4OS. The monoisotopic (exact) mass is 444 g/mol. The molecule has 2 aromatic rings. The molecule has 2 aliphatic heterocycles. The van der Waals surface area contributed by atoms with E-state index in [1.54, 1.807) is 48.1 Å². The van der Waals surface area contributed by atoms with Crippen molar-refractivity contribution < 1.29 is 4.79 Å². The maximum atomic E-state index is 13.0. The Morgan fingerprint density at radius 1 is 1.14 bits per heavy atom. The molecule has 2 atom stereocenters. The van der Waals surface area contributed by atoms with E-state index in [1.807, 2.05) is 36.6 Å². The lowest BCUT2D eigenvalue weighted by Crippen LogP contribution is -2.47. The minimum Gasteiger partial charge on any atom is -0.324 e. The first-order valence-electron chi connectivity index (χ1n) is 8.94. The summed E-state index contributed by atoms with van der Waals surface area (Å²) in [6, 6.07) is 13.2. The third kappa shape index (κ3) is 3.92. The molecule has 2 aliphatic rings. The zero-order chi connectivity index (χ0) is 20.5. The van der Waals surface area contributed by atoms with Crippen LogP contribution in [-0.4, -0.2) is 42.5 Å². The molecule has 0 fully saturated rings. The van der Waals surface area contributed by atoms with Gasteiger partial charge in [-0.3, -0.25) is 4.79 Å². The summed E-state index contributed by atoms with van der Waals surface area (Å²) in [5.41, 5.74) is 1.91. The number of rotatable bonds is 3. The van der Waals surface area contributed by atoms with Crippen molar-refractivity contribution in [1.82, 2.24) is 4.90 Å². The number of thioether (sulfide) groups is 1. The third-order valence-corrected chi connectivity index (χ3v) is 6.19. The molecule has 0 saturated heterocycles. The molecule has 0 radical (unpaired) electrons. The van der Waals surface area contributed by atoms with Crippen molar-refractivity contribution in [3.05, 3.63) is 64.1 Å². The number of fused-ring (bicyclic) bond motifs is 1. The first kappa shape index (κ1) is 20.0. The SMILES string of the molecule is CSc1cccc(NC2=NC3C(C=N2)C=C(c2c(Cl)cccc2Cl)C(=O)N3C)c1. The van der Waals surface area contributed by atoms with Crippen molar-refractivity contribution >= 4 is 64.3 Å². The standard InChI is InChI=1S/C21H18Cl2N4OS/c1-27-19-12(9-15(20(27)28)18-16(22)7-4-8-17(18)23)11-24-21(26-19)25-13-5-3-6-14(10-13)29-2/h3-12,19H,1-2H3,(H,25,26). The quantitative estimate of drug-likeness (QED) is 0.672. The second kappa shape index (κ2) is 8.22. The van der Waals surface area contributed by atoms with E-state index in [4.69, 9.17) is 23.2 Å². The maximum Gasteiger partial charge on any atom is 0.255 e. The lowest BCUT2D eigenvalue weighted by Gasteiger charge is -2.36. The lowest BCUT2D eigenvalue weighted by molar-refractivity contribution is -0.126. The molecule has 1 N–H and O–H groups in total. The third-order valence-electron chi connectivity index (χ3n) is 4.83. The highest BCUT2D eigenvalue weighted by molar-refractivity contribution is 7.98. The summed E-state index contributed by atoms with van der Waals surface area (Å²) >= 11 is 14.3. The molecule has 2 aromatic carbocycles. The Kier molecular flexibility index (Phi) is 5.67. The molecule has 0 spiro atoms. The van der Waals surface area contributed by atoms with Crippen LogP contribution in [0.4, 0.5) is 5.69 Å². The average Bonchev–Trinajstić information content (AvgIpc) is 2.72. The molecule has 5 nitrogen and oxygen atoms in total. The van der Waals surface area contributed by atoms with Gasteiger partial charge in [0.2, 0.25) is 5.96 Å². The Bertz CT molecular complexity index is 1050. The van der Waals surface area contributed by atoms with Crippen LogP contribution in [0.25, 0.3) is 5.57 Å². The van der Waals surface area contributed by atoms with E-state index in [9.17, 15) is 4.79 Å². The molecule has 0 aromatic heterocycles. The fourth-order valence-electron chi connectivity index (χ4n) is 3.37. The Morgan fingerprint density at radius 3 is 2.59 bits per heavy atom. The predicted octanol–water partition coefficient (Wildman–Crippen LogP) is 5.07. The lowest BCUT2D eigenvalue weighted by atomic mass is 9.92. The number of hydrogen-bond acceptors (Lipinski definition) is 5. The van der Waals surface area contributed by atoms with Gasteiger partial charge in [0.25, 0.3) is 5.91 Å². The topological polar surface area (TPSA) is 57.1 Å². The fraction of sp³-hybridized carbons (Fsp3) is 0.190. The molecule has 0 bridgehead atoms. The van der Waals surface area contributed by atoms with Crippen LogP contribution in [0.3, 0.4) is 0 Å². The minimum atomic E-state index is -0.378. The van der Waals surface area contributed by atoms with Crippen LogP contribution in [0.1, 0.15) is 5.56 Å². The largest absolute Gasteiger partial charge is 0.324 e. The number of hydrogen-bond donors (Lipinski definition) is 1. The van der Waals surface area contributed by atoms with Crippen molar-refractivity contribution in [2.75, 3.05) is 18.6 Å². The number of nitrogens with one attached hydrogen (secondary N) is 1. The van der Waals surface area contributed by atoms with E-state index in [-0.39, 0.29) is 18.0 Å². The summed E-state index contributed by atoms with van der Waals surface area (Å²) in [4.78, 5) is 24.9. The zero-order valence-corrected chi connectivity index (χ0v) is 18.1. The van der Waals surface area contributed by atoms with Gasteiger partial charge in [0, 0.05) is 35.0 Å². The molecule has 2 heterocycles. The van der Waals surface area contributed by atoms with E-state index in [0.29, 0.717) is 27.1 Å². The van der Waals surface area contributed by atoms with Gasteiger partial charge in [-0.05, 0) is 36.6 Å². The smallest absolute Gasteiger partial charge is 0.255 e. The number of benzene rings is 2. The van der Waals surface area contributed by atoms with E-state index in [1.165, 1.54) is 0 Å². The minimum absolute atomic E-state index is 0.164. The van der Waals surface area contributed by atoms with Gasteiger partial charge in [0.05, 0.1) is 16.0 Å². The summed E-state index contributed by atoms with van der Waals surface area (Å²) in [6.07, 6.45) is 5.29. The molecule has 2 unspecified atom stereocenters. The van der Waals surface area contributed by atoms with Crippen LogP contribution in [0.2, 0.25) is 10.0 Å². The molecule has 0 saturated carbocycles. The fourth-order valence-corrected chi connectivity index (χ4v) is 4.43. The Balaban J connectivity index is 1.64. The van der Waals surface area contributed by atoms with Gasteiger partial charge in [0.1, 0.15) is 6.17 Å². The van der Waals surface area contributed by atoms with Crippen molar-refractivity contribution in [1.29, 1.82) is 0 Å². The van der Waals surface area contributed by atoms with Crippen molar-refractivity contribution in [3.63, 3.8) is 0 Å². The predicted molar refractivity (Wildman–Crippen MR) is 122 cm³/mol. The molecule has 1 amide bonds. The van der Waals surface area contributed by atoms with Crippen LogP contribution in [-0.2, 0) is 4.79 Å². The highest BCUT2D eigenvalue weighted by Gasteiger charge is 2.37. The number of amides is 1. The van der Waals surface area contributed by atoms with E-state index in [0.717, 1.165) is 10.6 Å². The molecule has 4 rings (SSSR count). The van der Waals surface area contributed by atoms with Crippen molar-refractivity contribution in [3.8, 4) is 0 Å². The first-order valence-corrected chi connectivity index (χ1v) is 10.9. The zero-order valence-electron chi connectivity index (χ0n) is 15.8. The summed E-state index contributed by atoms with van der Waals surface area (Å²) in [5.74, 6) is 0.129. The highest BCUT2D eigenvalue weighted by Crippen LogP contribution is 2.37. The molecule has 8 heteroatoms. The molecule has 29 heavy (non-hydrogen) atoms. The Hall–Kier alpha value is -2.28. The molecular weight excluding hydrogens is 427 g/mol. The molecule has 148 valence electrons. The number of likely N-dealkylation sites (N-methyl/N-ethyl adjacent to an activating group) is 1. The number of anilines is 1. The van der Waals surface area contributed by atoms with Crippen LogP contribution >= 0.6 is 35.0 Å². The number of nitrogens with zero attached hydrogens (tertiary/aromatic N) is 3. The number of halogens is 2.